The number of rotatable bonds is 5. The highest BCUT2D eigenvalue weighted by atomic mass is 16.5. The minimum atomic E-state index is -0.855. The zero-order chi connectivity index (χ0) is 14.4. The second kappa shape index (κ2) is 6.52. The number of amides is 1. The highest BCUT2D eigenvalue weighted by molar-refractivity contribution is 5.87. The van der Waals surface area contributed by atoms with Crippen LogP contribution in [0.2, 0.25) is 0 Å². The number of carbonyl (C=O) groups is 2. The van der Waals surface area contributed by atoms with E-state index < -0.39 is 5.41 Å². The molecule has 1 N–H and O–H groups in total. The van der Waals surface area contributed by atoms with Crippen LogP contribution in [0, 0.1) is 5.41 Å². The Morgan fingerprint density at radius 1 is 1.35 bits per heavy atom. The zero-order valence-corrected chi connectivity index (χ0v) is 11.6. The van der Waals surface area contributed by atoms with E-state index in [1.54, 1.807) is 0 Å². The predicted octanol–water partition coefficient (Wildman–Crippen LogP) is 1.27. The largest absolute Gasteiger partial charge is 0.469 e. The summed E-state index contributed by atoms with van der Waals surface area (Å²) < 4.78 is 10.5. The van der Waals surface area contributed by atoms with Crippen LogP contribution in [0.5, 0.6) is 0 Å². The lowest BCUT2D eigenvalue weighted by atomic mass is 9.79. The average Bonchev–Trinajstić information content (AvgIpc) is 2.47. The molecule has 1 unspecified atom stereocenters. The van der Waals surface area contributed by atoms with Gasteiger partial charge in [0.25, 0.3) is 0 Å². The molecule has 0 radical (unpaired) electrons. The van der Waals surface area contributed by atoms with Crippen LogP contribution < -0.4 is 5.32 Å². The molecule has 2 rings (SSSR count). The summed E-state index contributed by atoms with van der Waals surface area (Å²) in [5, 5.41) is 2.72. The van der Waals surface area contributed by atoms with Crippen molar-refractivity contribution in [1.82, 2.24) is 5.32 Å². The number of hydrogen-bond acceptors (Lipinski definition) is 4. The molecule has 1 aromatic rings. The minimum Gasteiger partial charge on any atom is -0.469 e. The molecular formula is C15H19NO4. The van der Waals surface area contributed by atoms with Gasteiger partial charge in [0.1, 0.15) is 5.41 Å². The number of piperidine rings is 1. The maximum atomic E-state index is 12.0. The molecule has 5 heteroatoms. The van der Waals surface area contributed by atoms with E-state index in [1.165, 1.54) is 7.11 Å². The lowest BCUT2D eigenvalue weighted by molar-refractivity contribution is -0.162. The lowest BCUT2D eigenvalue weighted by Crippen LogP contribution is -2.48. The number of nitrogens with one attached hydrogen (secondary N) is 1. The highest BCUT2D eigenvalue weighted by Crippen LogP contribution is 2.31. The van der Waals surface area contributed by atoms with Crippen molar-refractivity contribution in [2.45, 2.75) is 19.4 Å². The summed E-state index contributed by atoms with van der Waals surface area (Å²) in [4.78, 5) is 23.6. The second-order valence-corrected chi connectivity index (χ2v) is 5.03. The second-order valence-electron chi connectivity index (χ2n) is 5.03. The summed E-state index contributed by atoms with van der Waals surface area (Å²) in [7, 11) is 1.34. The molecular weight excluding hydrogens is 258 g/mol. The van der Waals surface area contributed by atoms with Gasteiger partial charge in [-0.2, -0.15) is 0 Å². The zero-order valence-electron chi connectivity index (χ0n) is 11.6. The van der Waals surface area contributed by atoms with Crippen LogP contribution in [0.4, 0.5) is 0 Å². The molecule has 1 fully saturated rings. The van der Waals surface area contributed by atoms with Crippen LogP contribution in [0.15, 0.2) is 30.3 Å². The molecule has 1 heterocycles. The van der Waals surface area contributed by atoms with Crippen LogP contribution in [0.1, 0.15) is 18.4 Å². The molecule has 0 saturated carbocycles. The van der Waals surface area contributed by atoms with Crippen LogP contribution in [-0.2, 0) is 25.7 Å². The summed E-state index contributed by atoms with van der Waals surface area (Å²) in [5.74, 6) is -0.509. The van der Waals surface area contributed by atoms with E-state index >= 15 is 0 Å². The fraction of sp³-hybridized carbons (Fsp3) is 0.467. The molecule has 0 aromatic heterocycles. The normalized spacial score (nSPS) is 22.1. The van der Waals surface area contributed by atoms with E-state index in [9.17, 15) is 9.59 Å². The molecule has 5 nitrogen and oxygen atoms in total. The molecule has 0 aliphatic carbocycles. The van der Waals surface area contributed by atoms with Crippen LogP contribution >= 0.6 is 0 Å². The Kier molecular flexibility index (Phi) is 4.74. The number of ether oxygens (including phenoxy) is 2. The lowest BCUT2D eigenvalue weighted by Gasteiger charge is -2.33. The van der Waals surface area contributed by atoms with E-state index in [4.69, 9.17) is 9.47 Å². The van der Waals surface area contributed by atoms with Crippen molar-refractivity contribution < 1.29 is 19.1 Å². The first-order valence-corrected chi connectivity index (χ1v) is 6.63. The van der Waals surface area contributed by atoms with Crippen molar-refractivity contribution in [2.75, 3.05) is 20.3 Å². The van der Waals surface area contributed by atoms with Gasteiger partial charge in [-0.1, -0.05) is 30.3 Å². The minimum absolute atomic E-state index is 0.120. The maximum absolute atomic E-state index is 12.0. The fourth-order valence-electron chi connectivity index (χ4n) is 2.41. The first-order valence-electron chi connectivity index (χ1n) is 6.63. The Bertz CT molecular complexity index is 474. The van der Waals surface area contributed by atoms with Gasteiger partial charge in [0.05, 0.1) is 20.3 Å². The number of carbonyl (C=O) groups excluding carboxylic acids is 2. The Hall–Kier alpha value is -1.88. The number of hydrogen-bond donors (Lipinski definition) is 1. The van der Waals surface area contributed by atoms with Crippen molar-refractivity contribution in [2.24, 2.45) is 5.41 Å². The molecule has 1 aliphatic heterocycles. The SMILES string of the molecule is COC(=O)C1(COCc2ccccc2)CCNC(=O)C1. The molecule has 0 spiro atoms. The van der Waals surface area contributed by atoms with Gasteiger partial charge < -0.3 is 14.8 Å². The van der Waals surface area contributed by atoms with Crippen LogP contribution in [0.25, 0.3) is 0 Å². The molecule has 108 valence electrons. The van der Waals surface area contributed by atoms with Gasteiger partial charge in [0.15, 0.2) is 0 Å². The first-order chi connectivity index (χ1) is 9.66. The average molecular weight is 277 g/mol. The third kappa shape index (κ3) is 3.36. The summed E-state index contributed by atoms with van der Waals surface area (Å²) in [6.45, 7) is 1.09. The topological polar surface area (TPSA) is 64.6 Å². The van der Waals surface area contributed by atoms with Gasteiger partial charge >= 0.3 is 5.97 Å². The number of benzene rings is 1. The quantitative estimate of drug-likeness (QED) is 0.823. The van der Waals surface area contributed by atoms with E-state index in [1.807, 2.05) is 30.3 Å². The fourth-order valence-corrected chi connectivity index (χ4v) is 2.41. The van der Waals surface area contributed by atoms with E-state index in [0.717, 1.165) is 5.56 Å². The first kappa shape index (κ1) is 14.5. The van der Waals surface area contributed by atoms with Crippen molar-refractivity contribution in [1.29, 1.82) is 0 Å². The van der Waals surface area contributed by atoms with E-state index in [2.05, 4.69) is 5.32 Å². The standard InChI is InChI=1S/C15H19NO4/c1-19-14(18)15(7-8-16-13(17)9-15)11-20-10-12-5-3-2-4-6-12/h2-6H,7-11H2,1H3,(H,16,17). The van der Waals surface area contributed by atoms with E-state index in [0.29, 0.717) is 19.6 Å². The molecule has 20 heavy (non-hydrogen) atoms. The Morgan fingerprint density at radius 2 is 2.10 bits per heavy atom. The summed E-state index contributed by atoms with van der Waals surface area (Å²) in [6.07, 6.45) is 0.661. The third-order valence-electron chi connectivity index (χ3n) is 3.53. The summed E-state index contributed by atoms with van der Waals surface area (Å²) in [5.41, 5.74) is 0.180. The molecule has 1 saturated heterocycles. The van der Waals surface area contributed by atoms with Gasteiger partial charge in [0, 0.05) is 13.0 Å². The Balaban J connectivity index is 1.98. The maximum Gasteiger partial charge on any atom is 0.314 e. The summed E-state index contributed by atoms with van der Waals surface area (Å²) >= 11 is 0. The molecule has 1 amide bonds. The van der Waals surface area contributed by atoms with Crippen LogP contribution in [0.3, 0.4) is 0 Å². The molecule has 1 aliphatic rings. The predicted molar refractivity (Wildman–Crippen MR) is 72.8 cm³/mol. The van der Waals surface area contributed by atoms with Crippen molar-refractivity contribution in [3.8, 4) is 0 Å². The van der Waals surface area contributed by atoms with Crippen LogP contribution in [-0.4, -0.2) is 32.1 Å². The number of esters is 1. The summed E-state index contributed by atoms with van der Waals surface area (Å²) in [6, 6.07) is 9.72. The van der Waals surface area contributed by atoms with E-state index in [-0.39, 0.29) is 24.9 Å². The third-order valence-corrected chi connectivity index (χ3v) is 3.53. The molecule has 1 aromatic carbocycles. The van der Waals surface area contributed by atoms with Crippen molar-refractivity contribution in [3.63, 3.8) is 0 Å². The van der Waals surface area contributed by atoms with Gasteiger partial charge in [-0.3, -0.25) is 9.59 Å². The highest BCUT2D eigenvalue weighted by Gasteiger charge is 2.44. The smallest absolute Gasteiger partial charge is 0.314 e. The monoisotopic (exact) mass is 277 g/mol. The molecule has 0 bridgehead atoms. The Morgan fingerprint density at radius 3 is 2.75 bits per heavy atom. The van der Waals surface area contributed by atoms with Crippen molar-refractivity contribution in [3.05, 3.63) is 35.9 Å². The van der Waals surface area contributed by atoms with Gasteiger partial charge in [-0.15, -0.1) is 0 Å². The molecule has 1 atom stereocenters. The van der Waals surface area contributed by atoms with Crippen molar-refractivity contribution >= 4 is 11.9 Å². The Labute approximate surface area is 118 Å². The van der Waals surface area contributed by atoms with Gasteiger partial charge in [-0.05, 0) is 12.0 Å². The van der Waals surface area contributed by atoms with Gasteiger partial charge in [0.2, 0.25) is 5.91 Å². The number of methoxy groups -OCH3 is 1. The van der Waals surface area contributed by atoms with Gasteiger partial charge in [-0.25, -0.2) is 0 Å².